The molecular formula is C16H25FN2O4S. The highest BCUT2D eigenvalue weighted by Crippen LogP contribution is 2.25. The summed E-state index contributed by atoms with van der Waals surface area (Å²) in [6, 6.07) is 6.14. The SMILES string of the molecule is COCCOCCS(=O)(=O)N1CCN(C)C(c2ccc(F)cc2)C1. The number of halogens is 1. The van der Waals surface area contributed by atoms with Gasteiger partial charge in [-0.1, -0.05) is 12.1 Å². The molecule has 0 spiro atoms. The Labute approximate surface area is 143 Å². The Morgan fingerprint density at radius 3 is 2.54 bits per heavy atom. The summed E-state index contributed by atoms with van der Waals surface area (Å²) in [6.07, 6.45) is 0. The highest BCUT2D eigenvalue weighted by atomic mass is 32.2. The van der Waals surface area contributed by atoms with E-state index in [1.807, 2.05) is 7.05 Å². The molecule has 1 unspecified atom stereocenters. The second kappa shape index (κ2) is 8.87. The zero-order valence-corrected chi connectivity index (χ0v) is 15.0. The Morgan fingerprint density at radius 2 is 1.88 bits per heavy atom. The first kappa shape index (κ1) is 19.3. The van der Waals surface area contributed by atoms with E-state index < -0.39 is 10.0 Å². The average molecular weight is 360 g/mol. The highest BCUT2D eigenvalue weighted by molar-refractivity contribution is 7.89. The third-order valence-corrected chi connectivity index (χ3v) is 5.98. The Kier molecular flexibility index (Phi) is 7.12. The van der Waals surface area contributed by atoms with Crippen LogP contribution in [-0.4, -0.2) is 77.0 Å². The Hall–Kier alpha value is -1.06. The largest absolute Gasteiger partial charge is 0.382 e. The molecule has 6 nitrogen and oxygen atoms in total. The fraction of sp³-hybridized carbons (Fsp3) is 0.625. The minimum Gasteiger partial charge on any atom is -0.382 e. The van der Waals surface area contributed by atoms with E-state index >= 15 is 0 Å². The van der Waals surface area contributed by atoms with Gasteiger partial charge in [-0.05, 0) is 24.7 Å². The van der Waals surface area contributed by atoms with E-state index in [2.05, 4.69) is 4.90 Å². The minimum absolute atomic E-state index is 0.0451. The second-order valence-corrected chi connectivity index (χ2v) is 7.92. The lowest BCUT2D eigenvalue weighted by Crippen LogP contribution is -2.49. The maximum Gasteiger partial charge on any atom is 0.216 e. The smallest absolute Gasteiger partial charge is 0.216 e. The van der Waals surface area contributed by atoms with Gasteiger partial charge in [0, 0.05) is 32.8 Å². The van der Waals surface area contributed by atoms with Crippen molar-refractivity contribution in [2.75, 3.05) is 59.4 Å². The van der Waals surface area contributed by atoms with Crippen molar-refractivity contribution in [3.05, 3.63) is 35.6 Å². The summed E-state index contributed by atoms with van der Waals surface area (Å²) in [5.41, 5.74) is 0.912. The van der Waals surface area contributed by atoms with Gasteiger partial charge in [-0.3, -0.25) is 4.90 Å². The van der Waals surface area contributed by atoms with E-state index in [4.69, 9.17) is 9.47 Å². The van der Waals surface area contributed by atoms with E-state index in [-0.39, 0.29) is 24.2 Å². The quantitative estimate of drug-likeness (QED) is 0.650. The molecule has 8 heteroatoms. The van der Waals surface area contributed by atoms with Crippen LogP contribution in [0.15, 0.2) is 24.3 Å². The van der Waals surface area contributed by atoms with Gasteiger partial charge in [-0.15, -0.1) is 0 Å². The van der Waals surface area contributed by atoms with Crippen LogP contribution in [0.4, 0.5) is 4.39 Å². The highest BCUT2D eigenvalue weighted by Gasteiger charge is 2.32. The molecule has 136 valence electrons. The van der Waals surface area contributed by atoms with Gasteiger partial charge >= 0.3 is 0 Å². The van der Waals surface area contributed by atoms with E-state index in [0.717, 1.165) is 5.56 Å². The van der Waals surface area contributed by atoms with Crippen LogP contribution >= 0.6 is 0 Å². The molecule has 1 aromatic rings. The maximum atomic E-state index is 13.1. The molecular weight excluding hydrogens is 335 g/mol. The first-order chi connectivity index (χ1) is 11.4. The second-order valence-electron chi connectivity index (χ2n) is 5.83. The molecule has 1 aromatic carbocycles. The van der Waals surface area contributed by atoms with E-state index in [9.17, 15) is 12.8 Å². The number of likely N-dealkylation sites (N-methyl/N-ethyl adjacent to an activating group) is 1. The zero-order valence-electron chi connectivity index (χ0n) is 14.2. The Bertz CT molecular complexity index is 609. The molecule has 0 aliphatic carbocycles. The van der Waals surface area contributed by atoms with Gasteiger partial charge in [0.25, 0.3) is 0 Å². The third kappa shape index (κ3) is 5.22. The summed E-state index contributed by atoms with van der Waals surface area (Å²) in [5, 5.41) is 0. The molecule has 1 heterocycles. The van der Waals surface area contributed by atoms with Crippen LogP contribution in [0.2, 0.25) is 0 Å². The van der Waals surface area contributed by atoms with Crippen molar-refractivity contribution in [3.63, 3.8) is 0 Å². The van der Waals surface area contributed by atoms with Crippen molar-refractivity contribution in [1.29, 1.82) is 0 Å². The topological polar surface area (TPSA) is 59.1 Å². The lowest BCUT2D eigenvalue weighted by Gasteiger charge is -2.39. The summed E-state index contributed by atoms with van der Waals surface area (Å²) >= 11 is 0. The van der Waals surface area contributed by atoms with Crippen LogP contribution in [0.1, 0.15) is 11.6 Å². The normalized spacial score (nSPS) is 20.4. The van der Waals surface area contributed by atoms with Crippen molar-refractivity contribution in [3.8, 4) is 0 Å². The number of hydrogen-bond donors (Lipinski definition) is 0. The molecule has 0 saturated carbocycles. The Balaban J connectivity index is 1.97. The molecule has 1 aliphatic heterocycles. The number of methoxy groups -OCH3 is 1. The molecule has 0 N–H and O–H groups in total. The predicted molar refractivity (Wildman–Crippen MR) is 89.8 cm³/mol. The van der Waals surface area contributed by atoms with Crippen molar-refractivity contribution < 1.29 is 22.3 Å². The van der Waals surface area contributed by atoms with Crippen LogP contribution in [0.25, 0.3) is 0 Å². The maximum absolute atomic E-state index is 13.1. The molecule has 1 aliphatic rings. The molecule has 0 bridgehead atoms. The van der Waals surface area contributed by atoms with Gasteiger partial charge in [0.15, 0.2) is 0 Å². The fourth-order valence-corrected chi connectivity index (χ4v) is 4.00. The lowest BCUT2D eigenvalue weighted by molar-refractivity contribution is 0.0777. The Morgan fingerprint density at radius 1 is 1.17 bits per heavy atom. The average Bonchev–Trinajstić information content (AvgIpc) is 2.56. The number of sulfonamides is 1. The van der Waals surface area contributed by atoms with Gasteiger partial charge in [0.2, 0.25) is 10.0 Å². The molecule has 2 rings (SSSR count). The molecule has 0 radical (unpaired) electrons. The van der Waals surface area contributed by atoms with Crippen molar-refractivity contribution >= 4 is 10.0 Å². The summed E-state index contributed by atoms with van der Waals surface area (Å²) in [5.74, 6) is -0.341. The zero-order chi connectivity index (χ0) is 17.6. The van der Waals surface area contributed by atoms with Crippen LogP contribution in [0.5, 0.6) is 0 Å². The third-order valence-electron chi connectivity index (χ3n) is 4.18. The number of rotatable bonds is 8. The van der Waals surface area contributed by atoms with Crippen LogP contribution in [0.3, 0.4) is 0 Å². The molecule has 0 aromatic heterocycles. The minimum atomic E-state index is -3.38. The number of ether oxygens (including phenoxy) is 2. The molecule has 24 heavy (non-hydrogen) atoms. The van der Waals surface area contributed by atoms with Crippen molar-refractivity contribution in [2.45, 2.75) is 6.04 Å². The van der Waals surface area contributed by atoms with Crippen molar-refractivity contribution in [1.82, 2.24) is 9.21 Å². The molecule has 0 amide bonds. The van der Waals surface area contributed by atoms with Crippen LogP contribution in [0, 0.1) is 5.82 Å². The predicted octanol–water partition coefficient (Wildman–Crippen LogP) is 1.11. The van der Waals surface area contributed by atoms with Crippen LogP contribution < -0.4 is 0 Å². The molecule has 1 fully saturated rings. The standard InChI is InChI=1S/C16H25FN2O4S/c1-18-7-8-19(24(20,21)12-11-23-10-9-22-2)13-16(18)14-3-5-15(17)6-4-14/h3-6,16H,7-13H2,1-2H3. The number of nitrogens with zero attached hydrogens (tertiary/aromatic N) is 2. The van der Waals surface area contributed by atoms with Gasteiger partial charge in [0.1, 0.15) is 5.82 Å². The summed E-state index contributed by atoms with van der Waals surface area (Å²) in [6.45, 7) is 2.43. The van der Waals surface area contributed by atoms with Crippen LogP contribution in [-0.2, 0) is 19.5 Å². The number of hydrogen-bond acceptors (Lipinski definition) is 5. The van der Waals surface area contributed by atoms with Gasteiger partial charge in [0.05, 0.1) is 25.6 Å². The first-order valence-corrected chi connectivity index (χ1v) is 9.55. The summed E-state index contributed by atoms with van der Waals surface area (Å²) < 4.78 is 49.7. The number of piperazine rings is 1. The molecule has 1 saturated heterocycles. The summed E-state index contributed by atoms with van der Waals surface area (Å²) in [7, 11) is 0.143. The van der Waals surface area contributed by atoms with Gasteiger partial charge in [-0.2, -0.15) is 4.31 Å². The monoisotopic (exact) mass is 360 g/mol. The van der Waals surface area contributed by atoms with E-state index in [1.165, 1.54) is 16.4 Å². The first-order valence-electron chi connectivity index (χ1n) is 7.94. The van der Waals surface area contributed by atoms with Gasteiger partial charge in [-0.25, -0.2) is 12.8 Å². The van der Waals surface area contributed by atoms with Crippen molar-refractivity contribution in [2.24, 2.45) is 0 Å². The lowest BCUT2D eigenvalue weighted by atomic mass is 10.0. The fourth-order valence-electron chi connectivity index (χ4n) is 2.68. The number of benzene rings is 1. The van der Waals surface area contributed by atoms with E-state index in [1.54, 1.807) is 19.2 Å². The summed E-state index contributed by atoms with van der Waals surface area (Å²) in [4.78, 5) is 2.09. The molecule has 1 atom stereocenters. The van der Waals surface area contributed by atoms with Gasteiger partial charge < -0.3 is 9.47 Å². The van der Waals surface area contributed by atoms with E-state index in [0.29, 0.717) is 32.8 Å².